The summed E-state index contributed by atoms with van der Waals surface area (Å²) in [6.45, 7) is 4.84. The summed E-state index contributed by atoms with van der Waals surface area (Å²) in [5.41, 5.74) is 7.45. The third-order valence-electron chi connectivity index (χ3n) is 5.74. The minimum absolute atomic E-state index is 0.122. The molecule has 3 heteroatoms. The fourth-order valence-corrected chi connectivity index (χ4v) is 5.37. The minimum atomic E-state index is 0.122. The predicted octanol–water partition coefficient (Wildman–Crippen LogP) is 5.43. The van der Waals surface area contributed by atoms with E-state index in [0.717, 1.165) is 5.92 Å². The van der Waals surface area contributed by atoms with Crippen molar-refractivity contribution in [1.82, 2.24) is 0 Å². The number of hydrogen-bond donors (Lipinski definition) is 1. The molecule has 0 heterocycles. The maximum Gasteiger partial charge on any atom is 0.0734 e. The molecule has 1 nitrogen and oxygen atoms in total. The molecule has 2 aliphatic carbocycles. The summed E-state index contributed by atoms with van der Waals surface area (Å²) in [7, 11) is 0. The molecule has 2 unspecified atom stereocenters. The molecule has 2 fully saturated rings. The Balaban J connectivity index is 2.08. The van der Waals surface area contributed by atoms with Gasteiger partial charge in [-0.05, 0) is 56.8 Å². The van der Waals surface area contributed by atoms with Crippen LogP contribution in [0.3, 0.4) is 0 Å². The van der Waals surface area contributed by atoms with E-state index in [-0.39, 0.29) is 5.54 Å². The Labute approximate surface area is 140 Å². The van der Waals surface area contributed by atoms with Gasteiger partial charge in [0.05, 0.1) is 1.43 Å². The zero-order valence-corrected chi connectivity index (χ0v) is 16.1. The van der Waals surface area contributed by atoms with Crippen LogP contribution in [0.5, 0.6) is 0 Å². The van der Waals surface area contributed by atoms with Crippen LogP contribution in [-0.4, -0.2) is 6.97 Å². The van der Waals surface area contributed by atoms with Gasteiger partial charge >= 0.3 is 0 Å². The lowest BCUT2D eigenvalue weighted by Gasteiger charge is -2.44. The van der Waals surface area contributed by atoms with Crippen molar-refractivity contribution in [2.24, 2.45) is 17.1 Å². The van der Waals surface area contributed by atoms with Crippen molar-refractivity contribution in [3.8, 4) is 0 Å². The van der Waals surface area contributed by atoms with Crippen LogP contribution >= 0.6 is 45.2 Å². The van der Waals surface area contributed by atoms with E-state index >= 15 is 0 Å². The summed E-state index contributed by atoms with van der Waals surface area (Å²) >= 11 is 5.25. The summed E-state index contributed by atoms with van der Waals surface area (Å²) in [6.07, 6.45) is 12.0. The molecule has 0 amide bonds. The lowest BCUT2D eigenvalue weighted by molar-refractivity contribution is 0.126. The van der Waals surface area contributed by atoms with Crippen LogP contribution in [-0.2, 0) is 0 Å². The largest absolute Gasteiger partial charge is 0.325 e. The third-order valence-corrected chi connectivity index (χ3v) is 7.50. The van der Waals surface area contributed by atoms with Crippen molar-refractivity contribution in [3.05, 3.63) is 0 Å². The molecule has 2 aliphatic rings. The van der Waals surface area contributed by atoms with Gasteiger partial charge in [0, 0.05) is 5.54 Å². The summed E-state index contributed by atoms with van der Waals surface area (Å²) in [5, 5.41) is 0. The van der Waals surface area contributed by atoms with Gasteiger partial charge in [0.15, 0.2) is 0 Å². The first-order valence-electron chi connectivity index (χ1n) is 7.44. The predicted molar refractivity (Wildman–Crippen MR) is 96.5 cm³/mol. The van der Waals surface area contributed by atoms with E-state index < -0.39 is 0 Å². The van der Waals surface area contributed by atoms with Crippen LogP contribution in [0.2, 0.25) is 0 Å². The van der Waals surface area contributed by atoms with Crippen LogP contribution in [0.1, 0.15) is 71.6 Å². The quantitative estimate of drug-likeness (QED) is 0.322. The molecule has 0 bridgehead atoms. The highest BCUT2D eigenvalue weighted by Gasteiger charge is 2.47. The fourth-order valence-electron chi connectivity index (χ4n) is 4.13. The number of halogens is 2. The summed E-state index contributed by atoms with van der Waals surface area (Å²) in [5.74, 6) is 0.842. The molecule has 2 N–H and O–H groups in total. The van der Waals surface area contributed by atoms with Crippen LogP contribution in [0.4, 0.5) is 0 Å². The normalized spacial score (nSPS) is 37.5. The summed E-state index contributed by atoms with van der Waals surface area (Å²) < 4.78 is 0.400. The average molecular weight is 475 g/mol. The smallest absolute Gasteiger partial charge is 0.0734 e. The number of alkyl halides is 2. The molecule has 0 spiro atoms. The first kappa shape index (κ1) is 15.8. The first-order chi connectivity index (χ1) is 8.27. The van der Waals surface area contributed by atoms with E-state index in [2.05, 4.69) is 59.0 Å². The molecular formula is C15H27I2N. The molecule has 0 aromatic heterocycles. The zero-order valence-electron chi connectivity index (χ0n) is 11.8. The highest BCUT2D eigenvalue weighted by molar-refractivity contribution is 14.2. The Morgan fingerprint density at radius 3 is 2.17 bits per heavy atom. The monoisotopic (exact) mass is 475 g/mol. The average Bonchev–Trinajstić information content (AvgIpc) is 2.59. The molecular weight excluding hydrogens is 448 g/mol. The standard InChI is InChI=1S/C15H27I2N/c1-13(8-3-4-9-13)15(18)10-5-6-12(7-11-15)14(2,16)17/h12H,3-11,18H2,1-2H3. The van der Waals surface area contributed by atoms with Gasteiger partial charge in [0.2, 0.25) is 0 Å². The van der Waals surface area contributed by atoms with Crippen LogP contribution in [0.25, 0.3) is 0 Å². The Morgan fingerprint density at radius 2 is 1.61 bits per heavy atom. The third kappa shape index (κ3) is 3.18. The molecule has 0 radical (unpaired) electrons. The van der Waals surface area contributed by atoms with Gasteiger partial charge in [-0.15, -0.1) is 0 Å². The van der Waals surface area contributed by atoms with Gasteiger partial charge in [-0.1, -0.05) is 71.4 Å². The second kappa shape index (κ2) is 5.66. The Kier molecular flexibility index (Phi) is 4.97. The summed E-state index contributed by atoms with van der Waals surface area (Å²) in [4.78, 5) is 0. The molecule has 18 heavy (non-hydrogen) atoms. The number of nitrogens with two attached hydrogens (primary N) is 1. The zero-order chi connectivity index (χ0) is 13.4. The van der Waals surface area contributed by atoms with Crippen LogP contribution in [0.15, 0.2) is 0 Å². The van der Waals surface area contributed by atoms with Crippen molar-refractivity contribution in [3.63, 3.8) is 0 Å². The van der Waals surface area contributed by atoms with E-state index in [4.69, 9.17) is 5.73 Å². The van der Waals surface area contributed by atoms with Crippen molar-refractivity contribution < 1.29 is 0 Å². The lowest BCUT2D eigenvalue weighted by Crippen LogP contribution is -2.52. The van der Waals surface area contributed by atoms with E-state index in [1.54, 1.807) is 0 Å². The SMILES string of the molecule is CC(I)(I)C1CCCC(N)(C2(C)CCCC2)CC1. The Hall–Kier alpha value is 1.42. The van der Waals surface area contributed by atoms with Crippen molar-refractivity contribution in [2.45, 2.75) is 78.6 Å². The molecule has 0 aromatic rings. The molecule has 0 aromatic carbocycles. The van der Waals surface area contributed by atoms with Crippen molar-refractivity contribution in [1.29, 1.82) is 0 Å². The van der Waals surface area contributed by atoms with Gasteiger partial charge < -0.3 is 5.73 Å². The highest BCUT2D eigenvalue weighted by atomic mass is 127. The lowest BCUT2D eigenvalue weighted by atomic mass is 9.66. The molecule has 0 aliphatic heterocycles. The van der Waals surface area contributed by atoms with Gasteiger partial charge in [-0.2, -0.15) is 0 Å². The topological polar surface area (TPSA) is 26.0 Å². The minimum Gasteiger partial charge on any atom is -0.325 e. The molecule has 2 rings (SSSR count). The Bertz CT molecular complexity index is 291. The number of rotatable bonds is 2. The van der Waals surface area contributed by atoms with E-state index in [1.807, 2.05) is 0 Å². The van der Waals surface area contributed by atoms with Gasteiger partial charge in [0.1, 0.15) is 0 Å². The van der Waals surface area contributed by atoms with Gasteiger partial charge in [-0.3, -0.25) is 0 Å². The summed E-state index contributed by atoms with van der Waals surface area (Å²) in [6, 6.07) is 0. The van der Waals surface area contributed by atoms with E-state index in [9.17, 15) is 0 Å². The van der Waals surface area contributed by atoms with Gasteiger partial charge in [0.25, 0.3) is 0 Å². The first-order valence-corrected chi connectivity index (χ1v) is 9.59. The fraction of sp³-hybridized carbons (Fsp3) is 1.00. The van der Waals surface area contributed by atoms with Crippen molar-refractivity contribution >= 4 is 45.2 Å². The van der Waals surface area contributed by atoms with Crippen molar-refractivity contribution in [2.75, 3.05) is 0 Å². The second-order valence-electron chi connectivity index (χ2n) is 7.01. The number of hydrogen-bond acceptors (Lipinski definition) is 1. The molecule has 2 atom stereocenters. The molecule has 2 saturated carbocycles. The van der Waals surface area contributed by atoms with Gasteiger partial charge in [-0.25, -0.2) is 0 Å². The van der Waals surface area contributed by atoms with E-state index in [0.29, 0.717) is 6.84 Å². The van der Waals surface area contributed by atoms with Crippen LogP contribution < -0.4 is 5.73 Å². The Morgan fingerprint density at radius 1 is 1.00 bits per heavy atom. The second-order valence-corrected chi connectivity index (χ2v) is 13.6. The maximum absolute atomic E-state index is 6.90. The highest BCUT2D eigenvalue weighted by Crippen LogP contribution is 2.52. The maximum atomic E-state index is 6.90. The van der Waals surface area contributed by atoms with Crippen LogP contribution in [0, 0.1) is 11.3 Å². The molecule has 106 valence electrons. The molecule has 0 saturated heterocycles. The van der Waals surface area contributed by atoms with E-state index in [1.165, 1.54) is 57.8 Å².